The lowest BCUT2D eigenvalue weighted by Crippen LogP contribution is -2.29. The van der Waals surface area contributed by atoms with Gasteiger partial charge >= 0.3 is 0 Å². The van der Waals surface area contributed by atoms with Crippen molar-refractivity contribution in [2.24, 2.45) is 0 Å². The molecule has 0 unspecified atom stereocenters. The smallest absolute Gasteiger partial charge is 0.145 e. The molecule has 0 bridgehead atoms. The first-order chi connectivity index (χ1) is 15.1. The fourth-order valence-corrected chi connectivity index (χ4v) is 4.40. The summed E-state index contributed by atoms with van der Waals surface area (Å²) in [6.45, 7) is 4.97. The Bertz CT molecular complexity index is 1140. The van der Waals surface area contributed by atoms with E-state index in [1.165, 1.54) is 24.9 Å². The Morgan fingerprint density at radius 2 is 1.81 bits per heavy atom. The van der Waals surface area contributed by atoms with Crippen molar-refractivity contribution in [1.82, 2.24) is 9.97 Å². The molecular weight excluding hydrogens is 390 g/mol. The van der Waals surface area contributed by atoms with Gasteiger partial charge in [0.2, 0.25) is 0 Å². The third-order valence-corrected chi connectivity index (χ3v) is 5.99. The Hall–Kier alpha value is -3.48. The summed E-state index contributed by atoms with van der Waals surface area (Å²) in [5, 5.41) is 19.4. The normalized spacial score (nSPS) is 17.1. The molecule has 5 rings (SSSR count). The molecule has 0 aliphatic carbocycles. The number of benzene rings is 2. The Kier molecular flexibility index (Phi) is 5.02. The molecule has 31 heavy (non-hydrogen) atoms. The largest absolute Gasteiger partial charge is 0.509 e. The molecule has 7 heteroatoms. The second-order valence-corrected chi connectivity index (χ2v) is 8.02. The van der Waals surface area contributed by atoms with E-state index in [4.69, 9.17) is 10.1 Å². The number of imidazole rings is 1. The van der Waals surface area contributed by atoms with Gasteiger partial charge in [0.15, 0.2) is 0 Å². The van der Waals surface area contributed by atoms with Crippen molar-refractivity contribution < 1.29 is 9.84 Å². The van der Waals surface area contributed by atoms with Crippen LogP contribution in [-0.2, 0) is 0 Å². The fraction of sp³-hybridized carbons (Fsp3) is 0.333. The van der Waals surface area contributed by atoms with E-state index in [9.17, 15) is 5.11 Å². The maximum Gasteiger partial charge on any atom is 0.145 e. The number of rotatable bonds is 5. The van der Waals surface area contributed by atoms with E-state index in [0.717, 1.165) is 35.6 Å². The molecule has 0 atom stereocenters. The molecule has 160 valence electrons. The summed E-state index contributed by atoms with van der Waals surface area (Å²) in [4.78, 5) is 12.2. The zero-order valence-corrected chi connectivity index (χ0v) is 17.7. The van der Waals surface area contributed by atoms with E-state index < -0.39 is 0 Å². The van der Waals surface area contributed by atoms with E-state index in [2.05, 4.69) is 27.0 Å². The Morgan fingerprint density at radius 1 is 1.06 bits per heavy atom. The van der Waals surface area contributed by atoms with Crippen molar-refractivity contribution in [1.29, 1.82) is 5.41 Å². The van der Waals surface area contributed by atoms with Crippen LogP contribution in [0.1, 0.15) is 32.0 Å². The van der Waals surface area contributed by atoms with Crippen LogP contribution in [0.3, 0.4) is 0 Å². The first kappa shape index (κ1) is 19.5. The highest BCUT2D eigenvalue weighted by molar-refractivity contribution is 6.30. The molecule has 0 saturated carbocycles. The number of nitrogens with one attached hydrogen (secondary N) is 2. The van der Waals surface area contributed by atoms with Crippen molar-refractivity contribution >= 4 is 33.8 Å². The van der Waals surface area contributed by atoms with Crippen molar-refractivity contribution in [3.63, 3.8) is 0 Å². The van der Waals surface area contributed by atoms with Crippen LogP contribution in [0.5, 0.6) is 5.75 Å². The van der Waals surface area contributed by atoms with Gasteiger partial charge in [0.05, 0.1) is 29.8 Å². The van der Waals surface area contributed by atoms with Gasteiger partial charge in [-0.1, -0.05) is 0 Å². The fourth-order valence-electron chi connectivity index (χ4n) is 4.40. The van der Waals surface area contributed by atoms with E-state index >= 15 is 0 Å². The van der Waals surface area contributed by atoms with Gasteiger partial charge in [-0.05, 0) is 68.7 Å². The molecule has 2 aromatic carbocycles. The van der Waals surface area contributed by atoms with Gasteiger partial charge in [-0.15, -0.1) is 0 Å². The van der Waals surface area contributed by atoms with Crippen LogP contribution in [0.25, 0.3) is 16.6 Å². The van der Waals surface area contributed by atoms with Gasteiger partial charge < -0.3 is 24.6 Å². The van der Waals surface area contributed by atoms with Crippen LogP contribution < -0.4 is 14.5 Å². The number of amidine groups is 1. The summed E-state index contributed by atoms with van der Waals surface area (Å²) in [7, 11) is 0. The molecule has 2 aliphatic heterocycles. The van der Waals surface area contributed by atoms with Gasteiger partial charge in [0, 0.05) is 24.5 Å². The predicted molar refractivity (Wildman–Crippen MR) is 124 cm³/mol. The molecule has 1 fully saturated rings. The number of ether oxygens (including phenoxy) is 1. The summed E-state index contributed by atoms with van der Waals surface area (Å²) >= 11 is 0. The van der Waals surface area contributed by atoms with Crippen molar-refractivity contribution in [2.75, 3.05) is 36.0 Å². The van der Waals surface area contributed by atoms with Crippen LogP contribution in [0.2, 0.25) is 0 Å². The third kappa shape index (κ3) is 3.60. The number of fused-ring (bicyclic) bond motifs is 1. The lowest BCUT2D eigenvalue weighted by molar-refractivity contribution is 0.340. The topological polar surface area (TPSA) is 88.5 Å². The first-order valence-electron chi connectivity index (χ1n) is 10.9. The number of piperidine rings is 1. The standard InChI is InChI=1S/C24H27N5O2/c1-2-31-18-9-6-16(7-10-18)29-15-21(30)22(23(29)25)24-26-19-11-8-17(14-20(19)27-24)28-12-4-3-5-13-28/h6-11,14,25,30H,2-5,12-13,15H2,1H3,(H,26,27). The van der Waals surface area contributed by atoms with Gasteiger partial charge in [-0.2, -0.15) is 0 Å². The minimum Gasteiger partial charge on any atom is -0.509 e. The number of H-pyrrole nitrogens is 1. The summed E-state index contributed by atoms with van der Waals surface area (Å²) in [5.74, 6) is 1.70. The quantitative estimate of drug-likeness (QED) is 0.559. The van der Waals surface area contributed by atoms with Gasteiger partial charge in [-0.25, -0.2) is 4.98 Å². The molecule has 3 heterocycles. The molecule has 1 saturated heterocycles. The second kappa shape index (κ2) is 7.98. The van der Waals surface area contributed by atoms with E-state index in [1.807, 2.05) is 37.3 Å². The average molecular weight is 418 g/mol. The van der Waals surface area contributed by atoms with E-state index in [-0.39, 0.29) is 18.1 Å². The second-order valence-electron chi connectivity index (χ2n) is 8.02. The van der Waals surface area contributed by atoms with Gasteiger partial charge in [-0.3, -0.25) is 5.41 Å². The minimum atomic E-state index is 0.147. The van der Waals surface area contributed by atoms with Crippen LogP contribution in [-0.4, -0.2) is 47.2 Å². The number of nitrogens with zero attached hydrogens (tertiary/aromatic N) is 3. The zero-order chi connectivity index (χ0) is 21.4. The molecular formula is C24H27N5O2. The summed E-state index contributed by atoms with van der Waals surface area (Å²) in [6, 6.07) is 13.8. The number of aromatic nitrogens is 2. The van der Waals surface area contributed by atoms with Gasteiger partial charge in [0.1, 0.15) is 23.2 Å². The number of hydrogen-bond acceptors (Lipinski definition) is 5. The number of aromatic amines is 1. The molecule has 0 radical (unpaired) electrons. The molecule has 0 amide bonds. The van der Waals surface area contributed by atoms with Crippen LogP contribution in [0.15, 0.2) is 48.2 Å². The van der Waals surface area contributed by atoms with Crippen molar-refractivity contribution in [3.8, 4) is 5.75 Å². The van der Waals surface area contributed by atoms with E-state index in [1.54, 1.807) is 4.90 Å². The summed E-state index contributed by atoms with van der Waals surface area (Å²) in [6.07, 6.45) is 3.75. The molecule has 1 aromatic heterocycles. The van der Waals surface area contributed by atoms with Crippen molar-refractivity contribution in [2.45, 2.75) is 26.2 Å². The average Bonchev–Trinajstić information content (AvgIpc) is 3.34. The lowest BCUT2D eigenvalue weighted by atomic mass is 10.1. The monoisotopic (exact) mass is 417 g/mol. The molecule has 3 N–H and O–H groups in total. The Morgan fingerprint density at radius 3 is 2.55 bits per heavy atom. The molecule has 3 aromatic rings. The maximum absolute atomic E-state index is 10.7. The highest BCUT2D eigenvalue weighted by Gasteiger charge is 2.31. The Labute approximate surface area is 181 Å². The third-order valence-electron chi connectivity index (χ3n) is 5.99. The first-order valence-corrected chi connectivity index (χ1v) is 10.9. The number of aliphatic hydroxyl groups excluding tert-OH is 1. The Balaban J connectivity index is 1.41. The van der Waals surface area contributed by atoms with E-state index in [0.29, 0.717) is 18.0 Å². The number of hydrogen-bond donors (Lipinski definition) is 3. The number of aliphatic hydroxyl groups is 1. The SMILES string of the molecule is CCOc1ccc(N2CC(O)=C(c3nc4ccc(N5CCCCC5)cc4[nH]3)C2=N)cc1. The lowest BCUT2D eigenvalue weighted by Gasteiger charge is -2.28. The van der Waals surface area contributed by atoms with Crippen LogP contribution in [0, 0.1) is 5.41 Å². The molecule has 7 nitrogen and oxygen atoms in total. The minimum absolute atomic E-state index is 0.147. The van der Waals surface area contributed by atoms with Gasteiger partial charge in [0.25, 0.3) is 0 Å². The van der Waals surface area contributed by atoms with Crippen LogP contribution >= 0.6 is 0 Å². The molecule has 2 aliphatic rings. The zero-order valence-electron chi connectivity index (χ0n) is 17.7. The summed E-state index contributed by atoms with van der Waals surface area (Å²) in [5.41, 5.74) is 4.23. The predicted octanol–water partition coefficient (Wildman–Crippen LogP) is 4.72. The molecule has 0 spiro atoms. The maximum atomic E-state index is 10.7. The highest BCUT2D eigenvalue weighted by Crippen LogP contribution is 2.32. The summed E-state index contributed by atoms with van der Waals surface area (Å²) < 4.78 is 5.50. The highest BCUT2D eigenvalue weighted by atomic mass is 16.5. The number of anilines is 2. The van der Waals surface area contributed by atoms with Crippen molar-refractivity contribution in [3.05, 3.63) is 54.0 Å². The van der Waals surface area contributed by atoms with Crippen LogP contribution in [0.4, 0.5) is 11.4 Å².